The van der Waals surface area contributed by atoms with Gasteiger partial charge in [-0.3, -0.25) is 9.59 Å². The molecule has 1 aliphatic heterocycles. The number of piperazine rings is 1. The van der Waals surface area contributed by atoms with Crippen LogP contribution in [0.15, 0.2) is 0 Å². The molecule has 2 amide bonds. The molecule has 0 atom stereocenters. The van der Waals surface area contributed by atoms with Crippen molar-refractivity contribution in [3.8, 4) is 0 Å². The lowest BCUT2D eigenvalue weighted by molar-refractivity contribution is -0.141. The Kier molecular flexibility index (Phi) is 5.39. The molecule has 0 spiro atoms. The number of nitrogens with zero attached hydrogens (tertiary/aromatic N) is 2. The molecule has 0 aromatic heterocycles. The predicted molar refractivity (Wildman–Crippen MR) is 76.7 cm³/mol. The zero-order chi connectivity index (χ0) is 14.6. The van der Waals surface area contributed by atoms with Gasteiger partial charge in [-0.2, -0.15) is 0 Å². The first-order valence-corrected chi connectivity index (χ1v) is 7.24. The fraction of sp³-hybridized carbons (Fsp3) is 0.867. The third-order valence-electron chi connectivity index (χ3n) is 3.25. The second-order valence-corrected chi connectivity index (χ2v) is 7.10. The lowest BCUT2D eigenvalue weighted by Crippen LogP contribution is -2.51. The largest absolute Gasteiger partial charge is 0.339 e. The van der Waals surface area contributed by atoms with Crippen LogP contribution in [0, 0.1) is 11.3 Å². The van der Waals surface area contributed by atoms with Crippen LogP contribution >= 0.6 is 0 Å². The molecule has 0 N–H and O–H groups in total. The fourth-order valence-electron chi connectivity index (χ4n) is 2.25. The zero-order valence-corrected chi connectivity index (χ0v) is 13.0. The molecule has 0 aromatic rings. The highest BCUT2D eigenvalue weighted by Gasteiger charge is 2.26. The van der Waals surface area contributed by atoms with E-state index < -0.39 is 0 Å². The normalized spacial score (nSPS) is 16.9. The van der Waals surface area contributed by atoms with Gasteiger partial charge in [0.1, 0.15) is 0 Å². The molecule has 1 saturated heterocycles. The van der Waals surface area contributed by atoms with Crippen LogP contribution in [0.25, 0.3) is 0 Å². The van der Waals surface area contributed by atoms with Gasteiger partial charge in [0.25, 0.3) is 0 Å². The first-order valence-electron chi connectivity index (χ1n) is 7.24. The maximum absolute atomic E-state index is 12.1. The first-order chi connectivity index (χ1) is 8.69. The van der Waals surface area contributed by atoms with Crippen molar-refractivity contribution < 1.29 is 9.59 Å². The molecule has 0 unspecified atom stereocenters. The number of amides is 2. The minimum absolute atomic E-state index is 0.0294. The molecule has 4 nitrogen and oxygen atoms in total. The fourth-order valence-corrected chi connectivity index (χ4v) is 2.25. The highest BCUT2D eigenvalue weighted by molar-refractivity contribution is 5.78. The minimum Gasteiger partial charge on any atom is -0.339 e. The maximum Gasteiger partial charge on any atom is 0.223 e. The van der Waals surface area contributed by atoms with Crippen LogP contribution in [0.2, 0.25) is 0 Å². The number of rotatable bonds is 3. The Morgan fingerprint density at radius 1 is 0.947 bits per heavy atom. The summed E-state index contributed by atoms with van der Waals surface area (Å²) in [5.74, 6) is 0.828. The molecule has 0 aromatic carbocycles. The van der Waals surface area contributed by atoms with Gasteiger partial charge < -0.3 is 9.80 Å². The highest BCUT2D eigenvalue weighted by atomic mass is 16.2. The van der Waals surface area contributed by atoms with Gasteiger partial charge in [-0.25, -0.2) is 0 Å². The van der Waals surface area contributed by atoms with E-state index >= 15 is 0 Å². The van der Waals surface area contributed by atoms with Crippen molar-refractivity contribution in [3.05, 3.63) is 0 Å². The topological polar surface area (TPSA) is 40.6 Å². The number of hydrogen-bond acceptors (Lipinski definition) is 2. The third-order valence-corrected chi connectivity index (χ3v) is 3.25. The van der Waals surface area contributed by atoms with Gasteiger partial charge in [-0.1, -0.05) is 34.6 Å². The summed E-state index contributed by atoms with van der Waals surface area (Å²) in [4.78, 5) is 27.8. The summed E-state index contributed by atoms with van der Waals surface area (Å²) < 4.78 is 0. The van der Waals surface area contributed by atoms with Crippen LogP contribution in [0.3, 0.4) is 0 Å². The molecule has 19 heavy (non-hydrogen) atoms. The van der Waals surface area contributed by atoms with Gasteiger partial charge in [0, 0.05) is 39.0 Å². The standard InChI is InChI=1S/C15H28N2O2/c1-12(2)10-13(18)16-6-8-17(9-7-16)14(19)11-15(3,4)5/h12H,6-11H2,1-5H3. The van der Waals surface area contributed by atoms with E-state index in [1.807, 2.05) is 9.80 Å². The quantitative estimate of drug-likeness (QED) is 0.787. The molecule has 1 heterocycles. The summed E-state index contributed by atoms with van der Waals surface area (Å²) in [6.45, 7) is 13.1. The molecular formula is C15H28N2O2. The van der Waals surface area contributed by atoms with Crippen molar-refractivity contribution in [2.24, 2.45) is 11.3 Å². The number of carbonyl (C=O) groups excluding carboxylic acids is 2. The lowest BCUT2D eigenvalue weighted by atomic mass is 9.91. The van der Waals surface area contributed by atoms with Crippen molar-refractivity contribution in [1.82, 2.24) is 9.80 Å². The Morgan fingerprint density at radius 2 is 1.37 bits per heavy atom. The third kappa shape index (κ3) is 5.62. The minimum atomic E-state index is 0.0294. The summed E-state index contributed by atoms with van der Waals surface area (Å²) in [7, 11) is 0. The van der Waals surface area contributed by atoms with Gasteiger partial charge in [0.05, 0.1) is 0 Å². The summed E-state index contributed by atoms with van der Waals surface area (Å²) in [5, 5.41) is 0. The van der Waals surface area contributed by atoms with E-state index in [0.29, 0.717) is 44.9 Å². The predicted octanol–water partition coefficient (Wildman–Crippen LogP) is 2.14. The van der Waals surface area contributed by atoms with Crippen LogP contribution in [-0.2, 0) is 9.59 Å². The summed E-state index contributed by atoms with van der Waals surface area (Å²) in [6.07, 6.45) is 1.18. The summed E-state index contributed by atoms with van der Waals surface area (Å²) >= 11 is 0. The molecule has 4 heteroatoms. The van der Waals surface area contributed by atoms with Crippen LogP contribution in [-0.4, -0.2) is 47.8 Å². The molecule has 1 rings (SSSR count). The van der Waals surface area contributed by atoms with Gasteiger partial charge in [0.15, 0.2) is 0 Å². The second-order valence-electron chi connectivity index (χ2n) is 7.10. The van der Waals surface area contributed by atoms with Gasteiger partial charge in [-0.05, 0) is 11.3 Å². The Bertz CT molecular complexity index is 324. The highest BCUT2D eigenvalue weighted by Crippen LogP contribution is 2.20. The van der Waals surface area contributed by atoms with Crippen molar-refractivity contribution in [2.45, 2.75) is 47.5 Å². The van der Waals surface area contributed by atoms with E-state index in [1.54, 1.807) is 0 Å². The smallest absolute Gasteiger partial charge is 0.223 e. The van der Waals surface area contributed by atoms with Gasteiger partial charge >= 0.3 is 0 Å². The molecule has 0 aliphatic carbocycles. The molecule has 0 saturated carbocycles. The lowest BCUT2D eigenvalue weighted by Gasteiger charge is -2.36. The summed E-state index contributed by atoms with van der Waals surface area (Å²) in [6, 6.07) is 0. The molecule has 110 valence electrons. The van der Waals surface area contributed by atoms with Crippen molar-refractivity contribution in [1.29, 1.82) is 0 Å². The van der Waals surface area contributed by atoms with Crippen LogP contribution in [0.1, 0.15) is 47.5 Å². The van der Waals surface area contributed by atoms with E-state index in [9.17, 15) is 9.59 Å². The van der Waals surface area contributed by atoms with E-state index in [2.05, 4.69) is 34.6 Å². The van der Waals surface area contributed by atoms with Crippen LogP contribution in [0.5, 0.6) is 0 Å². The van der Waals surface area contributed by atoms with Gasteiger partial charge in [0.2, 0.25) is 11.8 Å². The average molecular weight is 268 g/mol. The molecule has 1 aliphatic rings. The van der Waals surface area contributed by atoms with E-state index in [4.69, 9.17) is 0 Å². The molecule has 0 bridgehead atoms. The van der Waals surface area contributed by atoms with Crippen molar-refractivity contribution in [2.75, 3.05) is 26.2 Å². The van der Waals surface area contributed by atoms with Crippen molar-refractivity contribution in [3.63, 3.8) is 0 Å². The maximum atomic E-state index is 12.1. The molecular weight excluding hydrogens is 240 g/mol. The van der Waals surface area contributed by atoms with Crippen LogP contribution < -0.4 is 0 Å². The Hall–Kier alpha value is -1.06. The Morgan fingerprint density at radius 3 is 1.74 bits per heavy atom. The average Bonchev–Trinajstić information content (AvgIpc) is 2.26. The van der Waals surface area contributed by atoms with Crippen molar-refractivity contribution >= 4 is 11.8 Å². The zero-order valence-electron chi connectivity index (χ0n) is 13.0. The SMILES string of the molecule is CC(C)CC(=O)N1CCN(C(=O)CC(C)(C)C)CC1. The van der Waals surface area contributed by atoms with Gasteiger partial charge in [-0.15, -0.1) is 0 Å². The van der Waals surface area contributed by atoms with E-state index in [0.717, 1.165) is 0 Å². The molecule has 1 fully saturated rings. The monoisotopic (exact) mass is 268 g/mol. The second kappa shape index (κ2) is 6.40. The molecule has 0 radical (unpaired) electrons. The Balaban J connectivity index is 2.40. The number of carbonyl (C=O) groups is 2. The van der Waals surface area contributed by atoms with Crippen LogP contribution in [0.4, 0.5) is 0 Å². The first kappa shape index (κ1) is 16.0. The number of hydrogen-bond donors (Lipinski definition) is 0. The van der Waals surface area contributed by atoms with E-state index in [-0.39, 0.29) is 17.2 Å². The Labute approximate surface area is 117 Å². The van der Waals surface area contributed by atoms with E-state index in [1.165, 1.54) is 0 Å². The summed E-state index contributed by atoms with van der Waals surface area (Å²) in [5.41, 5.74) is 0.0294.